The lowest BCUT2D eigenvalue weighted by Gasteiger charge is -2.37. The molecule has 1 saturated heterocycles. The molecule has 1 aromatic carbocycles. The van der Waals surface area contributed by atoms with Gasteiger partial charge in [0.25, 0.3) is 0 Å². The van der Waals surface area contributed by atoms with E-state index < -0.39 is 5.60 Å². The third-order valence-electron chi connectivity index (χ3n) is 3.09. The summed E-state index contributed by atoms with van der Waals surface area (Å²) in [5, 5.41) is 9.85. The predicted octanol–water partition coefficient (Wildman–Crippen LogP) is 2.94. The molecule has 1 aliphatic heterocycles. The molecular formula is C12H15BrFNO. The molecule has 1 heterocycles. The molecule has 0 saturated carbocycles. The van der Waals surface area contributed by atoms with E-state index in [0.717, 1.165) is 36.1 Å². The van der Waals surface area contributed by atoms with Crippen LogP contribution in [0.3, 0.4) is 0 Å². The molecule has 2 rings (SSSR count). The summed E-state index contributed by atoms with van der Waals surface area (Å²) in [6, 6.07) is 4.69. The third kappa shape index (κ3) is 2.55. The minimum Gasteiger partial charge on any atom is -0.390 e. The first-order valence-corrected chi connectivity index (χ1v) is 6.20. The fourth-order valence-corrected chi connectivity index (χ4v) is 2.45. The molecule has 88 valence electrons. The molecule has 2 nitrogen and oxygen atoms in total. The summed E-state index contributed by atoms with van der Waals surface area (Å²) in [5.74, 6) is -0.226. The molecule has 16 heavy (non-hydrogen) atoms. The van der Waals surface area contributed by atoms with Crippen LogP contribution in [-0.4, -0.2) is 23.8 Å². The lowest BCUT2D eigenvalue weighted by Crippen LogP contribution is -2.42. The smallest absolute Gasteiger partial charge is 0.125 e. The standard InChI is InChI=1S/C12H15BrFNO/c1-12(16)4-6-15(7-5-12)11-8-9(14)2-3-10(11)13/h2-3,8,16H,4-7H2,1H3. The van der Waals surface area contributed by atoms with Gasteiger partial charge in [-0.05, 0) is 53.9 Å². The quantitative estimate of drug-likeness (QED) is 0.859. The van der Waals surface area contributed by atoms with E-state index in [1.165, 1.54) is 12.1 Å². The molecule has 1 N–H and O–H groups in total. The number of hydrogen-bond acceptors (Lipinski definition) is 2. The lowest BCUT2D eigenvalue weighted by molar-refractivity contribution is 0.0351. The van der Waals surface area contributed by atoms with Crippen molar-refractivity contribution in [2.45, 2.75) is 25.4 Å². The molecular weight excluding hydrogens is 273 g/mol. The Morgan fingerprint density at radius 2 is 2.00 bits per heavy atom. The minimum atomic E-state index is -0.573. The Hall–Kier alpha value is -0.610. The van der Waals surface area contributed by atoms with Gasteiger partial charge in [-0.1, -0.05) is 0 Å². The van der Waals surface area contributed by atoms with Crippen molar-refractivity contribution < 1.29 is 9.50 Å². The van der Waals surface area contributed by atoms with Gasteiger partial charge in [0.15, 0.2) is 0 Å². The van der Waals surface area contributed by atoms with Crippen LogP contribution in [0.2, 0.25) is 0 Å². The molecule has 0 atom stereocenters. The number of hydrogen-bond donors (Lipinski definition) is 1. The zero-order chi connectivity index (χ0) is 11.8. The number of piperidine rings is 1. The van der Waals surface area contributed by atoms with Gasteiger partial charge in [0, 0.05) is 17.6 Å². The largest absolute Gasteiger partial charge is 0.390 e. The van der Waals surface area contributed by atoms with Crippen molar-refractivity contribution >= 4 is 21.6 Å². The van der Waals surface area contributed by atoms with Crippen LogP contribution in [0.15, 0.2) is 22.7 Å². The fourth-order valence-electron chi connectivity index (χ4n) is 1.96. The Bertz CT molecular complexity index is 385. The van der Waals surface area contributed by atoms with Gasteiger partial charge in [-0.3, -0.25) is 0 Å². The molecule has 1 fully saturated rings. The van der Waals surface area contributed by atoms with Crippen LogP contribution in [0, 0.1) is 5.82 Å². The minimum absolute atomic E-state index is 0.226. The maximum absolute atomic E-state index is 13.2. The van der Waals surface area contributed by atoms with E-state index in [-0.39, 0.29) is 5.82 Å². The van der Waals surface area contributed by atoms with Gasteiger partial charge in [-0.25, -0.2) is 4.39 Å². The molecule has 1 aromatic rings. The Morgan fingerprint density at radius 1 is 1.38 bits per heavy atom. The van der Waals surface area contributed by atoms with Crippen molar-refractivity contribution in [1.29, 1.82) is 0 Å². The van der Waals surface area contributed by atoms with Gasteiger partial charge in [0.05, 0.1) is 11.3 Å². The van der Waals surface area contributed by atoms with E-state index in [4.69, 9.17) is 0 Å². The normalized spacial score (nSPS) is 19.9. The summed E-state index contributed by atoms with van der Waals surface area (Å²) in [6.07, 6.45) is 1.44. The van der Waals surface area contributed by atoms with E-state index in [1.807, 2.05) is 6.92 Å². The zero-order valence-corrected chi connectivity index (χ0v) is 10.8. The Labute approximate surface area is 103 Å². The molecule has 0 amide bonds. The first-order chi connectivity index (χ1) is 7.48. The average Bonchev–Trinajstić information content (AvgIpc) is 2.22. The van der Waals surface area contributed by atoms with E-state index in [0.29, 0.717) is 0 Å². The highest BCUT2D eigenvalue weighted by Crippen LogP contribution is 2.31. The van der Waals surface area contributed by atoms with Crippen LogP contribution in [0.5, 0.6) is 0 Å². The van der Waals surface area contributed by atoms with Crippen molar-refractivity contribution in [3.05, 3.63) is 28.5 Å². The van der Waals surface area contributed by atoms with Crippen molar-refractivity contribution in [1.82, 2.24) is 0 Å². The van der Waals surface area contributed by atoms with Crippen LogP contribution in [0.4, 0.5) is 10.1 Å². The van der Waals surface area contributed by atoms with Crippen molar-refractivity contribution in [2.75, 3.05) is 18.0 Å². The van der Waals surface area contributed by atoms with Gasteiger partial charge in [0.1, 0.15) is 5.82 Å². The van der Waals surface area contributed by atoms with E-state index >= 15 is 0 Å². The predicted molar refractivity (Wildman–Crippen MR) is 66.2 cm³/mol. The van der Waals surface area contributed by atoms with Crippen LogP contribution >= 0.6 is 15.9 Å². The second kappa shape index (κ2) is 4.34. The molecule has 0 radical (unpaired) electrons. The third-order valence-corrected chi connectivity index (χ3v) is 3.76. The molecule has 0 bridgehead atoms. The number of benzene rings is 1. The van der Waals surface area contributed by atoms with Gasteiger partial charge in [-0.2, -0.15) is 0 Å². The van der Waals surface area contributed by atoms with Crippen molar-refractivity contribution in [2.24, 2.45) is 0 Å². The van der Waals surface area contributed by atoms with E-state index in [2.05, 4.69) is 20.8 Å². The Kier molecular flexibility index (Phi) is 3.22. The van der Waals surface area contributed by atoms with Crippen molar-refractivity contribution in [3.63, 3.8) is 0 Å². The molecule has 0 aromatic heterocycles. The highest BCUT2D eigenvalue weighted by Gasteiger charge is 2.28. The summed E-state index contributed by atoms with van der Waals surface area (Å²) < 4.78 is 14.1. The van der Waals surface area contributed by atoms with Crippen LogP contribution in [0.25, 0.3) is 0 Å². The molecule has 0 spiro atoms. The Morgan fingerprint density at radius 3 is 2.62 bits per heavy atom. The first-order valence-electron chi connectivity index (χ1n) is 5.40. The maximum Gasteiger partial charge on any atom is 0.125 e. The second-order valence-corrected chi connectivity index (χ2v) is 5.43. The summed E-state index contributed by atoms with van der Waals surface area (Å²) in [6.45, 7) is 3.37. The van der Waals surface area contributed by atoms with Crippen LogP contribution in [-0.2, 0) is 0 Å². The average molecular weight is 288 g/mol. The summed E-state index contributed by atoms with van der Waals surface area (Å²) in [5.41, 5.74) is 0.298. The highest BCUT2D eigenvalue weighted by atomic mass is 79.9. The SMILES string of the molecule is CC1(O)CCN(c2cc(F)ccc2Br)CC1. The van der Waals surface area contributed by atoms with Crippen LogP contribution < -0.4 is 4.90 Å². The topological polar surface area (TPSA) is 23.5 Å². The molecule has 1 aliphatic rings. The van der Waals surface area contributed by atoms with Gasteiger partial charge >= 0.3 is 0 Å². The van der Waals surface area contributed by atoms with E-state index in [1.54, 1.807) is 6.07 Å². The van der Waals surface area contributed by atoms with Gasteiger partial charge in [0.2, 0.25) is 0 Å². The van der Waals surface area contributed by atoms with Gasteiger partial charge in [-0.15, -0.1) is 0 Å². The number of nitrogens with zero attached hydrogens (tertiary/aromatic N) is 1. The number of rotatable bonds is 1. The maximum atomic E-state index is 13.2. The summed E-state index contributed by atoms with van der Waals surface area (Å²) in [7, 11) is 0. The number of halogens is 2. The Balaban J connectivity index is 2.17. The highest BCUT2D eigenvalue weighted by molar-refractivity contribution is 9.10. The molecule has 4 heteroatoms. The van der Waals surface area contributed by atoms with Crippen LogP contribution in [0.1, 0.15) is 19.8 Å². The first kappa shape index (κ1) is 11.9. The van der Waals surface area contributed by atoms with Crippen molar-refractivity contribution in [3.8, 4) is 0 Å². The molecule has 0 unspecified atom stereocenters. The summed E-state index contributed by atoms with van der Waals surface area (Å²) >= 11 is 3.42. The summed E-state index contributed by atoms with van der Waals surface area (Å²) in [4.78, 5) is 2.10. The van der Waals surface area contributed by atoms with Gasteiger partial charge < -0.3 is 10.0 Å². The zero-order valence-electron chi connectivity index (χ0n) is 9.21. The molecule has 0 aliphatic carbocycles. The fraction of sp³-hybridized carbons (Fsp3) is 0.500. The monoisotopic (exact) mass is 287 g/mol. The van der Waals surface area contributed by atoms with E-state index in [9.17, 15) is 9.50 Å². The second-order valence-electron chi connectivity index (χ2n) is 4.58. The lowest BCUT2D eigenvalue weighted by atomic mass is 9.93. The number of aliphatic hydroxyl groups is 1. The number of anilines is 1.